The lowest BCUT2D eigenvalue weighted by Crippen LogP contribution is -2.29. The molecule has 1 aromatic rings. The van der Waals surface area contributed by atoms with Gasteiger partial charge in [-0.05, 0) is 6.92 Å². The first-order chi connectivity index (χ1) is 4.74. The van der Waals surface area contributed by atoms with E-state index in [9.17, 15) is 4.79 Å². The number of nitrogens with one attached hydrogen (secondary N) is 1. The number of hydrazine groups is 1. The van der Waals surface area contributed by atoms with Crippen LogP contribution in [0.2, 0.25) is 0 Å². The maximum absolute atomic E-state index is 10.7. The zero-order chi connectivity index (χ0) is 7.56. The van der Waals surface area contributed by atoms with E-state index in [1.807, 2.05) is 5.43 Å². The fourth-order valence-corrected chi connectivity index (χ4v) is 1.04. The second kappa shape index (κ2) is 2.72. The van der Waals surface area contributed by atoms with Crippen molar-refractivity contribution in [2.75, 3.05) is 0 Å². The van der Waals surface area contributed by atoms with Crippen LogP contribution in [-0.2, 0) is 0 Å². The molecule has 0 aliphatic heterocycles. The molecule has 1 rings (SSSR count). The lowest BCUT2D eigenvalue weighted by molar-refractivity contribution is 0.0952. The summed E-state index contributed by atoms with van der Waals surface area (Å²) in [4.78, 5) is 10.7. The Morgan fingerprint density at radius 2 is 2.40 bits per heavy atom. The van der Waals surface area contributed by atoms with Crippen LogP contribution in [0, 0.1) is 6.92 Å². The highest BCUT2D eigenvalue weighted by molar-refractivity contribution is 7.13. The van der Waals surface area contributed by atoms with Gasteiger partial charge in [0.05, 0.1) is 0 Å². The Labute approximate surface area is 61.2 Å². The topological polar surface area (TPSA) is 80.9 Å². The van der Waals surface area contributed by atoms with Crippen molar-refractivity contribution in [2.24, 2.45) is 5.84 Å². The molecule has 0 saturated heterocycles. The first-order valence-corrected chi connectivity index (χ1v) is 3.36. The van der Waals surface area contributed by atoms with E-state index in [0.29, 0.717) is 5.01 Å². The summed E-state index contributed by atoms with van der Waals surface area (Å²) < 4.78 is 0. The molecule has 54 valence electrons. The Hall–Kier alpha value is -1.01. The number of aryl methyl sites for hydroxylation is 1. The van der Waals surface area contributed by atoms with Crippen LogP contribution in [0.4, 0.5) is 0 Å². The molecule has 0 aliphatic rings. The van der Waals surface area contributed by atoms with Gasteiger partial charge in [-0.25, -0.2) is 5.84 Å². The molecule has 0 radical (unpaired) electrons. The number of carbonyl (C=O) groups excluding carboxylic acids is 1. The quantitative estimate of drug-likeness (QED) is 0.326. The van der Waals surface area contributed by atoms with Gasteiger partial charge < -0.3 is 0 Å². The van der Waals surface area contributed by atoms with E-state index < -0.39 is 5.91 Å². The van der Waals surface area contributed by atoms with Gasteiger partial charge in [-0.3, -0.25) is 10.2 Å². The smallest absolute Gasteiger partial charge is 0.288 e. The SMILES string of the molecule is Cc1nnc(C(=O)NN)s1. The predicted octanol–water partition coefficient (Wildman–Crippen LogP) is -0.550. The fraction of sp³-hybridized carbons (Fsp3) is 0.250. The molecule has 5 nitrogen and oxygen atoms in total. The van der Waals surface area contributed by atoms with Crippen molar-refractivity contribution in [3.05, 3.63) is 10.0 Å². The number of rotatable bonds is 1. The van der Waals surface area contributed by atoms with Gasteiger partial charge in [0.15, 0.2) is 0 Å². The molecule has 0 saturated carbocycles. The minimum absolute atomic E-state index is 0.292. The Morgan fingerprint density at radius 3 is 2.80 bits per heavy atom. The van der Waals surface area contributed by atoms with Crippen LogP contribution >= 0.6 is 11.3 Å². The third-order valence-electron chi connectivity index (χ3n) is 0.851. The predicted molar refractivity (Wildman–Crippen MR) is 36.3 cm³/mol. The normalized spacial score (nSPS) is 9.40. The number of carbonyl (C=O) groups is 1. The summed E-state index contributed by atoms with van der Waals surface area (Å²) in [6.07, 6.45) is 0. The first-order valence-electron chi connectivity index (χ1n) is 2.55. The Morgan fingerprint density at radius 1 is 1.70 bits per heavy atom. The average molecular weight is 158 g/mol. The Bertz CT molecular complexity index is 245. The maximum atomic E-state index is 10.7. The van der Waals surface area contributed by atoms with Gasteiger partial charge >= 0.3 is 0 Å². The third kappa shape index (κ3) is 1.28. The number of amides is 1. The van der Waals surface area contributed by atoms with Crippen molar-refractivity contribution < 1.29 is 4.79 Å². The highest BCUT2D eigenvalue weighted by atomic mass is 32.1. The van der Waals surface area contributed by atoms with Crippen molar-refractivity contribution in [3.63, 3.8) is 0 Å². The first kappa shape index (κ1) is 7.10. The van der Waals surface area contributed by atoms with Gasteiger partial charge in [-0.1, -0.05) is 11.3 Å². The minimum atomic E-state index is -0.398. The molecular formula is C4H6N4OS. The van der Waals surface area contributed by atoms with Crippen LogP contribution in [0.15, 0.2) is 0 Å². The molecular weight excluding hydrogens is 152 g/mol. The van der Waals surface area contributed by atoms with Gasteiger partial charge in [0.2, 0.25) is 5.01 Å². The van der Waals surface area contributed by atoms with Crippen molar-refractivity contribution in [1.82, 2.24) is 15.6 Å². The summed E-state index contributed by atoms with van der Waals surface area (Å²) >= 11 is 1.21. The number of nitrogens with zero attached hydrogens (tertiary/aromatic N) is 2. The third-order valence-corrected chi connectivity index (χ3v) is 1.69. The molecule has 0 atom stereocenters. The lowest BCUT2D eigenvalue weighted by Gasteiger charge is -1.88. The molecule has 10 heavy (non-hydrogen) atoms. The van der Waals surface area contributed by atoms with E-state index >= 15 is 0 Å². The molecule has 0 spiro atoms. The molecule has 0 fully saturated rings. The van der Waals surface area contributed by atoms with Gasteiger partial charge in [-0.2, -0.15) is 0 Å². The molecule has 6 heteroatoms. The molecule has 0 bridgehead atoms. The van der Waals surface area contributed by atoms with Gasteiger partial charge in [0.1, 0.15) is 5.01 Å². The fourth-order valence-electron chi connectivity index (χ4n) is 0.450. The molecule has 0 aliphatic carbocycles. The van der Waals surface area contributed by atoms with Crippen molar-refractivity contribution in [1.29, 1.82) is 0 Å². The summed E-state index contributed by atoms with van der Waals surface area (Å²) in [6, 6.07) is 0. The van der Waals surface area contributed by atoms with E-state index in [0.717, 1.165) is 5.01 Å². The minimum Gasteiger partial charge on any atom is -0.288 e. The van der Waals surface area contributed by atoms with Crippen molar-refractivity contribution >= 4 is 17.2 Å². The van der Waals surface area contributed by atoms with Gasteiger partial charge in [-0.15, -0.1) is 10.2 Å². The summed E-state index contributed by atoms with van der Waals surface area (Å²) in [6.45, 7) is 1.77. The standard InChI is InChI=1S/C4H6N4OS/c1-2-7-8-4(10-2)3(9)6-5/h5H2,1H3,(H,6,9). The monoisotopic (exact) mass is 158 g/mol. The van der Waals surface area contributed by atoms with Gasteiger partial charge in [0.25, 0.3) is 5.91 Å². The van der Waals surface area contributed by atoms with Crippen molar-refractivity contribution in [2.45, 2.75) is 6.92 Å². The van der Waals surface area contributed by atoms with E-state index in [4.69, 9.17) is 5.84 Å². The van der Waals surface area contributed by atoms with Crippen LogP contribution in [-0.4, -0.2) is 16.1 Å². The Kier molecular flexibility index (Phi) is 1.93. The summed E-state index contributed by atoms with van der Waals surface area (Å²) in [5.74, 6) is 4.46. The summed E-state index contributed by atoms with van der Waals surface area (Å²) in [7, 11) is 0. The van der Waals surface area contributed by atoms with E-state index in [-0.39, 0.29) is 0 Å². The van der Waals surface area contributed by atoms with Crippen LogP contribution < -0.4 is 11.3 Å². The van der Waals surface area contributed by atoms with E-state index in [2.05, 4.69) is 10.2 Å². The largest absolute Gasteiger partial charge is 0.296 e. The zero-order valence-corrected chi connectivity index (χ0v) is 6.10. The Balaban J connectivity index is 2.85. The summed E-state index contributed by atoms with van der Waals surface area (Å²) in [5, 5.41) is 8.24. The van der Waals surface area contributed by atoms with Crippen LogP contribution in [0.3, 0.4) is 0 Å². The number of aromatic nitrogens is 2. The van der Waals surface area contributed by atoms with E-state index in [1.165, 1.54) is 11.3 Å². The molecule has 0 unspecified atom stereocenters. The molecule has 1 amide bonds. The van der Waals surface area contributed by atoms with Crippen LogP contribution in [0.25, 0.3) is 0 Å². The molecule has 3 N–H and O–H groups in total. The second-order valence-corrected chi connectivity index (χ2v) is 2.78. The van der Waals surface area contributed by atoms with Crippen LogP contribution in [0.5, 0.6) is 0 Å². The number of hydrogen-bond donors (Lipinski definition) is 2. The number of nitrogens with two attached hydrogens (primary N) is 1. The van der Waals surface area contributed by atoms with Gasteiger partial charge in [0, 0.05) is 0 Å². The number of hydrogen-bond acceptors (Lipinski definition) is 5. The lowest BCUT2D eigenvalue weighted by atomic mass is 10.7. The van der Waals surface area contributed by atoms with E-state index in [1.54, 1.807) is 6.92 Å². The summed E-state index contributed by atoms with van der Waals surface area (Å²) in [5.41, 5.74) is 1.96. The zero-order valence-electron chi connectivity index (χ0n) is 5.29. The average Bonchev–Trinajstić information content (AvgIpc) is 2.34. The second-order valence-electron chi connectivity index (χ2n) is 1.60. The maximum Gasteiger partial charge on any atom is 0.296 e. The highest BCUT2D eigenvalue weighted by Crippen LogP contribution is 2.06. The molecule has 1 heterocycles. The molecule has 0 aromatic carbocycles. The number of nitrogen functional groups attached to an aromatic ring is 1. The van der Waals surface area contributed by atoms with Crippen LogP contribution in [0.1, 0.15) is 14.8 Å². The highest BCUT2D eigenvalue weighted by Gasteiger charge is 2.07. The van der Waals surface area contributed by atoms with Crippen molar-refractivity contribution in [3.8, 4) is 0 Å². The molecule has 1 aromatic heterocycles.